The molecule has 1 aromatic heterocycles. The summed E-state index contributed by atoms with van der Waals surface area (Å²) < 4.78 is 0. The summed E-state index contributed by atoms with van der Waals surface area (Å²) in [5.41, 5.74) is 1.58. The Hall–Kier alpha value is 0.01000. The number of hydrogen-bond acceptors (Lipinski definition) is 3. The number of aromatic hydroxyl groups is 1. The highest BCUT2D eigenvalue weighted by atomic mass is 35.5. The van der Waals surface area contributed by atoms with Crippen molar-refractivity contribution in [2.24, 2.45) is 0 Å². The molecule has 5 heteroatoms. The molecule has 0 fully saturated rings. The first-order chi connectivity index (χ1) is 2.89. The number of thiazole rings is 1. The Balaban J connectivity index is 0. The molecule has 1 aromatic rings. The molecule has 0 aromatic carbocycles. The highest BCUT2D eigenvalue weighted by Gasteiger charge is 1.79. The summed E-state index contributed by atoms with van der Waals surface area (Å²) in [5, 5.41) is 9.94. The molecular formula is C3H5Cl2NOS. The van der Waals surface area contributed by atoms with E-state index in [-0.39, 0.29) is 30.7 Å². The Labute approximate surface area is 63.4 Å². The van der Waals surface area contributed by atoms with Crippen molar-refractivity contribution in [1.29, 1.82) is 0 Å². The Morgan fingerprint density at radius 1 is 1.50 bits per heavy atom. The monoisotopic (exact) mass is 173 g/mol. The van der Waals surface area contributed by atoms with Gasteiger partial charge in [0.2, 0.25) is 5.88 Å². The molecule has 8 heavy (non-hydrogen) atoms. The lowest BCUT2D eigenvalue weighted by Crippen LogP contribution is -1.51. The molecule has 0 saturated heterocycles. The zero-order chi connectivity index (χ0) is 4.41. The van der Waals surface area contributed by atoms with Gasteiger partial charge in [-0.25, -0.2) is 4.98 Å². The molecule has 2 nitrogen and oxygen atoms in total. The van der Waals surface area contributed by atoms with Crippen molar-refractivity contribution in [2.45, 2.75) is 0 Å². The van der Waals surface area contributed by atoms with Gasteiger partial charge in [-0.1, -0.05) is 0 Å². The van der Waals surface area contributed by atoms with Gasteiger partial charge < -0.3 is 5.11 Å². The minimum atomic E-state index is 0. The van der Waals surface area contributed by atoms with Crippen molar-refractivity contribution in [1.82, 2.24) is 4.98 Å². The molecule has 0 aliphatic heterocycles. The van der Waals surface area contributed by atoms with Crippen LogP contribution in [0.15, 0.2) is 10.9 Å². The van der Waals surface area contributed by atoms with E-state index in [4.69, 9.17) is 5.11 Å². The molecule has 0 unspecified atom stereocenters. The molecule has 1 N–H and O–H groups in total. The zero-order valence-electron chi connectivity index (χ0n) is 3.77. The highest BCUT2D eigenvalue weighted by molar-refractivity contribution is 7.07. The quantitative estimate of drug-likeness (QED) is 0.649. The molecule has 0 saturated carbocycles. The highest BCUT2D eigenvalue weighted by Crippen LogP contribution is 2.04. The second kappa shape index (κ2) is 5.15. The third-order valence-electron chi connectivity index (χ3n) is 0.419. The van der Waals surface area contributed by atoms with Crippen molar-refractivity contribution in [2.75, 3.05) is 0 Å². The van der Waals surface area contributed by atoms with E-state index in [0.29, 0.717) is 0 Å². The molecule has 1 rings (SSSR count). The second-order valence-corrected chi connectivity index (χ2v) is 1.57. The molecular weight excluding hydrogens is 169 g/mol. The van der Waals surface area contributed by atoms with Crippen LogP contribution < -0.4 is 0 Å². The van der Waals surface area contributed by atoms with E-state index in [2.05, 4.69) is 4.98 Å². The fourth-order valence-corrected chi connectivity index (χ4v) is 0.618. The predicted molar refractivity (Wildman–Crippen MR) is 38.3 cm³/mol. The first-order valence-electron chi connectivity index (χ1n) is 1.47. The maximum atomic E-state index is 8.37. The lowest BCUT2D eigenvalue weighted by molar-refractivity contribution is 0.457. The van der Waals surface area contributed by atoms with Crippen LogP contribution in [0, 0.1) is 0 Å². The number of hydrogen-bond donors (Lipinski definition) is 1. The Bertz CT molecular complexity index is 121. The van der Waals surface area contributed by atoms with Crippen LogP contribution in [-0.2, 0) is 0 Å². The summed E-state index contributed by atoms with van der Waals surface area (Å²) in [6.45, 7) is 0. The summed E-state index contributed by atoms with van der Waals surface area (Å²) >= 11 is 1.38. The van der Waals surface area contributed by atoms with Gasteiger partial charge in [0.05, 0.1) is 10.9 Å². The van der Waals surface area contributed by atoms with Crippen LogP contribution in [0.2, 0.25) is 0 Å². The fraction of sp³-hybridized carbons (Fsp3) is 0. The van der Waals surface area contributed by atoms with Crippen molar-refractivity contribution >= 4 is 36.2 Å². The number of rotatable bonds is 0. The molecule has 0 spiro atoms. The predicted octanol–water partition coefficient (Wildman–Crippen LogP) is 1.69. The van der Waals surface area contributed by atoms with Gasteiger partial charge in [0, 0.05) is 0 Å². The summed E-state index contributed by atoms with van der Waals surface area (Å²) in [6.07, 6.45) is 0. The molecule has 0 radical (unpaired) electrons. The minimum absolute atomic E-state index is 0. The molecule has 0 aliphatic rings. The fourth-order valence-electron chi connectivity index (χ4n) is 0.206. The number of aromatic nitrogens is 1. The summed E-state index contributed by atoms with van der Waals surface area (Å²) in [4.78, 5) is 3.49. The average Bonchev–Trinajstić information content (AvgIpc) is 1.86. The van der Waals surface area contributed by atoms with Crippen LogP contribution in [0.5, 0.6) is 5.88 Å². The van der Waals surface area contributed by atoms with Crippen LogP contribution in [-0.4, -0.2) is 10.1 Å². The van der Waals surface area contributed by atoms with Gasteiger partial charge in [0.25, 0.3) is 0 Å². The van der Waals surface area contributed by atoms with Crippen molar-refractivity contribution in [3.05, 3.63) is 10.9 Å². The topological polar surface area (TPSA) is 33.1 Å². The molecule has 0 atom stereocenters. The van der Waals surface area contributed by atoms with Gasteiger partial charge in [-0.15, -0.1) is 36.2 Å². The minimum Gasteiger partial charge on any atom is -0.493 e. The third kappa shape index (κ3) is 3.07. The van der Waals surface area contributed by atoms with Crippen LogP contribution in [0.3, 0.4) is 0 Å². The first kappa shape index (κ1) is 10.9. The van der Waals surface area contributed by atoms with Gasteiger partial charge in [0.1, 0.15) is 0 Å². The van der Waals surface area contributed by atoms with E-state index in [0.717, 1.165) is 0 Å². The van der Waals surface area contributed by atoms with Crippen molar-refractivity contribution < 1.29 is 5.11 Å². The SMILES string of the molecule is Cl.Cl.Oc1cscn1. The molecule has 0 amide bonds. The zero-order valence-corrected chi connectivity index (χ0v) is 6.22. The van der Waals surface area contributed by atoms with E-state index in [9.17, 15) is 0 Å². The summed E-state index contributed by atoms with van der Waals surface area (Å²) in [5.74, 6) is 0.111. The molecule has 0 bridgehead atoms. The van der Waals surface area contributed by atoms with Gasteiger partial charge in [-0.3, -0.25) is 0 Å². The van der Waals surface area contributed by atoms with Gasteiger partial charge >= 0.3 is 0 Å². The maximum absolute atomic E-state index is 8.37. The summed E-state index contributed by atoms with van der Waals surface area (Å²) in [6, 6.07) is 0. The second-order valence-electron chi connectivity index (χ2n) is 0.847. The van der Waals surface area contributed by atoms with E-state index < -0.39 is 0 Å². The largest absolute Gasteiger partial charge is 0.493 e. The van der Waals surface area contributed by atoms with E-state index in [1.165, 1.54) is 11.3 Å². The van der Waals surface area contributed by atoms with E-state index >= 15 is 0 Å². The van der Waals surface area contributed by atoms with Crippen molar-refractivity contribution in [3.63, 3.8) is 0 Å². The van der Waals surface area contributed by atoms with E-state index in [1.807, 2.05) is 0 Å². The van der Waals surface area contributed by atoms with Crippen LogP contribution >= 0.6 is 36.2 Å². The number of halogens is 2. The lowest BCUT2D eigenvalue weighted by Gasteiger charge is -1.66. The Morgan fingerprint density at radius 3 is 2.25 bits per heavy atom. The molecule has 1 heterocycles. The maximum Gasteiger partial charge on any atom is 0.221 e. The molecule has 48 valence electrons. The normalized spacial score (nSPS) is 6.50. The Kier molecular flexibility index (Phi) is 7.02. The number of nitrogens with zero attached hydrogens (tertiary/aromatic N) is 1. The van der Waals surface area contributed by atoms with Crippen LogP contribution in [0.4, 0.5) is 0 Å². The Morgan fingerprint density at radius 2 is 2.12 bits per heavy atom. The molecule has 0 aliphatic carbocycles. The first-order valence-corrected chi connectivity index (χ1v) is 2.41. The van der Waals surface area contributed by atoms with Crippen LogP contribution in [0.25, 0.3) is 0 Å². The summed E-state index contributed by atoms with van der Waals surface area (Å²) in [7, 11) is 0. The van der Waals surface area contributed by atoms with Gasteiger partial charge in [-0.2, -0.15) is 0 Å². The van der Waals surface area contributed by atoms with Crippen molar-refractivity contribution in [3.8, 4) is 5.88 Å². The smallest absolute Gasteiger partial charge is 0.221 e. The average molecular weight is 174 g/mol. The van der Waals surface area contributed by atoms with Crippen LogP contribution in [0.1, 0.15) is 0 Å². The standard InChI is InChI=1S/C3H3NOS.2ClH/c5-3-1-6-2-4-3;;/h1-2,5H;2*1H. The van der Waals surface area contributed by atoms with Gasteiger partial charge in [-0.05, 0) is 0 Å². The van der Waals surface area contributed by atoms with E-state index in [1.54, 1.807) is 10.9 Å². The van der Waals surface area contributed by atoms with Gasteiger partial charge in [0.15, 0.2) is 0 Å². The lowest BCUT2D eigenvalue weighted by atomic mass is 10.9. The third-order valence-corrected chi connectivity index (χ3v) is 0.993.